The summed E-state index contributed by atoms with van der Waals surface area (Å²) in [5.74, 6) is -1.46. The summed E-state index contributed by atoms with van der Waals surface area (Å²) in [5, 5.41) is 2.68. The van der Waals surface area contributed by atoms with Gasteiger partial charge in [0.2, 0.25) is 0 Å². The van der Waals surface area contributed by atoms with Gasteiger partial charge in [-0.2, -0.15) is 0 Å². The summed E-state index contributed by atoms with van der Waals surface area (Å²) in [7, 11) is 0. The maximum absolute atomic E-state index is 13.5. The summed E-state index contributed by atoms with van der Waals surface area (Å²) in [6.07, 6.45) is 2.94. The molecule has 0 bridgehead atoms. The van der Waals surface area contributed by atoms with Crippen LogP contribution in [0.25, 0.3) is 0 Å². The maximum atomic E-state index is 13.5. The average Bonchev–Trinajstić information content (AvgIpc) is 2.93. The van der Waals surface area contributed by atoms with E-state index in [4.69, 9.17) is 0 Å². The normalized spacial score (nSPS) is 16.4. The number of amides is 1. The number of nitrogens with one attached hydrogen (secondary N) is 1. The van der Waals surface area contributed by atoms with Crippen LogP contribution in [0.2, 0.25) is 0 Å². The van der Waals surface area contributed by atoms with E-state index in [1.54, 1.807) is 0 Å². The van der Waals surface area contributed by atoms with E-state index >= 15 is 0 Å². The first-order valence-corrected chi connectivity index (χ1v) is 7.46. The van der Waals surface area contributed by atoms with Crippen molar-refractivity contribution >= 4 is 5.91 Å². The molecule has 1 amide bonds. The molecule has 1 unspecified atom stereocenters. The molecule has 1 aliphatic rings. The standard InChI is InChI=1S/C18H17F2NO/c19-14-7-8-17(20)16(11-14)18(22)21-10-9-13-6-5-12-3-1-2-4-15(12)13/h1-4,7-8,11,13H,5-6,9-10H2,(H,21,22). The zero-order valence-electron chi connectivity index (χ0n) is 12.1. The highest BCUT2D eigenvalue weighted by Crippen LogP contribution is 2.34. The van der Waals surface area contributed by atoms with Crippen LogP contribution >= 0.6 is 0 Å². The second-order valence-electron chi connectivity index (χ2n) is 5.60. The number of carbonyl (C=O) groups excluding carboxylic acids is 1. The van der Waals surface area contributed by atoms with E-state index in [1.165, 1.54) is 11.1 Å². The van der Waals surface area contributed by atoms with E-state index in [2.05, 4.69) is 17.4 Å². The third-order valence-electron chi connectivity index (χ3n) is 4.21. The summed E-state index contributed by atoms with van der Waals surface area (Å²) in [5.41, 5.74) is 2.47. The topological polar surface area (TPSA) is 29.1 Å². The number of hydrogen-bond acceptors (Lipinski definition) is 1. The lowest BCUT2D eigenvalue weighted by Gasteiger charge is -2.12. The Balaban J connectivity index is 1.58. The van der Waals surface area contributed by atoms with Crippen molar-refractivity contribution in [1.82, 2.24) is 5.32 Å². The highest BCUT2D eigenvalue weighted by Gasteiger charge is 2.21. The van der Waals surface area contributed by atoms with Crippen molar-refractivity contribution in [3.8, 4) is 0 Å². The highest BCUT2D eigenvalue weighted by molar-refractivity contribution is 5.94. The first-order chi connectivity index (χ1) is 10.6. The third-order valence-corrected chi connectivity index (χ3v) is 4.21. The molecular formula is C18H17F2NO. The van der Waals surface area contributed by atoms with Gasteiger partial charge in [0, 0.05) is 6.54 Å². The Labute approximate surface area is 128 Å². The van der Waals surface area contributed by atoms with Crippen molar-refractivity contribution in [2.45, 2.75) is 25.2 Å². The first-order valence-electron chi connectivity index (χ1n) is 7.46. The number of hydrogen-bond donors (Lipinski definition) is 1. The quantitative estimate of drug-likeness (QED) is 0.914. The van der Waals surface area contributed by atoms with Gasteiger partial charge in [-0.05, 0) is 54.5 Å². The number of fused-ring (bicyclic) bond motifs is 1. The number of rotatable bonds is 4. The van der Waals surface area contributed by atoms with Gasteiger partial charge in [0.05, 0.1) is 5.56 Å². The minimum Gasteiger partial charge on any atom is -0.352 e. The van der Waals surface area contributed by atoms with Crippen LogP contribution in [-0.2, 0) is 6.42 Å². The van der Waals surface area contributed by atoms with Crippen molar-refractivity contribution in [2.75, 3.05) is 6.54 Å². The van der Waals surface area contributed by atoms with Gasteiger partial charge in [-0.1, -0.05) is 24.3 Å². The summed E-state index contributed by atoms with van der Waals surface area (Å²) >= 11 is 0. The highest BCUT2D eigenvalue weighted by atomic mass is 19.1. The van der Waals surface area contributed by atoms with E-state index in [0.29, 0.717) is 12.5 Å². The van der Waals surface area contributed by atoms with E-state index in [9.17, 15) is 13.6 Å². The molecule has 0 aromatic heterocycles. The largest absolute Gasteiger partial charge is 0.352 e. The van der Waals surface area contributed by atoms with Crippen LogP contribution in [0.4, 0.5) is 8.78 Å². The minimum atomic E-state index is -0.704. The molecule has 114 valence electrons. The van der Waals surface area contributed by atoms with Gasteiger partial charge in [-0.15, -0.1) is 0 Å². The first kappa shape index (κ1) is 14.7. The molecule has 0 aliphatic heterocycles. The summed E-state index contributed by atoms with van der Waals surface area (Å²) in [6, 6.07) is 11.2. The molecule has 0 saturated carbocycles. The predicted molar refractivity (Wildman–Crippen MR) is 80.8 cm³/mol. The number of benzene rings is 2. The fourth-order valence-corrected chi connectivity index (χ4v) is 3.07. The third kappa shape index (κ3) is 3.01. The van der Waals surface area contributed by atoms with E-state index < -0.39 is 17.5 Å². The molecule has 1 N–H and O–H groups in total. The van der Waals surface area contributed by atoms with Gasteiger partial charge >= 0.3 is 0 Å². The van der Waals surface area contributed by atoms with Crippen molar-refractivity contribution < 1.29 is 13.6 Å². The number of carbonyl (C=O) groups is 1. The minimum absolute atomic E-state index is 0.244. The monoisotopic (exact) mass is 301 g/mol. The summed E-state index contributed by atoms with van der Waals surface area (Å²) < 4.78 is 26.6. The molecule has 2 nitrogen and oxygen atoms in total. The van der Waals surface area contributed by atoms with Gasteiger partial charge < -0.3 is 5.32 Å². The van der Waals surface area contributed by atoms with Crippen molar-refractivity contribution in [2.24, 2.45) is 0 Å². The lowest BCUT2D eigenvalue weighted by atomic mass is 9.98. The Morgan fingerprint density at radius 3 is 2.86 bits per heavy atom. The van der Waals surface area contributed by atoms with Gasteiger partial charge in [-0.3, -0.25) is 4.79 Å². The second kappa shape index (κ2) is 6.26. The van der Waals surface area contributed by atoms with Crippen LogP contribution in [0.15, 0.2) is 42.5 Å². The van der Waals surface area contributed by atoms with Gasteiger partial charge in [0.1, 0.15) is 11.6 Å². The zero-order valence-corrected chi connectivity index (χ0v) is 12.1. The molecule has 1 aliphatic carbocycles. The Kier molecular flexibility index (Phi) is 4.18. The Morgan fingerprint density at radius 1 is 1.18 bits per heavy atom. The zero-order chi connectivity index (χ0) is 15.5. The molecule has 2 aromatic rings. The van der Waals surface area contributed by atoms with Crippen molar-refractivity contribution in [3.63, 3.8) is 0 Å². The molecular weight excluding hydrogens is 284 g/mol. The molecule has 0 fully saturated rings. The van der Waals surface area contributed by atoms with Crippen molar-refractivity contribution in [1.29, 1.82) is 0 Å². The second-order valence-corrected chi connectivity index (χ2v) is 5.60. The predicted octanol–water partition coefficient (Wildman–Crippen LogP) is 3.81. The SMILES string of the molecule is O=C(NCCC1CCc2ccccc21)c1cc(F)ccc1F. The van der Waals surface area contributed by atoms with Crippen LogP contribution in [0.5, 0.6) is 0 Å². The van der Waals surface area contributed by atoms with Crippen LogP contribution in [0, 0.1) is 11.6 Å². The van der Waals surface area contributed by atoms with Crippen LogP contribution in [-0.4, -0.2) is 12.5 Å². The van der Waals surface area contributed by atoms with Crippen LogP contribution in [0.3, 0.4) is 0 Å². The molecule has 0 saturated heterocycles. The van der Waals surface area contributed by atoms with Crippen LogP contribution < -0.4 is 5.32 Å². The van der Waals surface area contributed by atoms with Gasteiger partial charge in [0.25, 0.3) is 5.91 Å². The van der Waals surface area contributed by atoms with E-state index in [-0.39, 0.29) is 5.56 Å². The van der Waals surface area contributed by atoms with Gasteiger partial charge in [-0.25, -0.2) is 8.78 Å². The number of halogens is 2. The molecule has 3 rings (SSSR count). The van der Waals surface area contributed by atoms with E-state index in [0.717, 1.165) is 37.5 Å². The lowest BCUT2D eigenvalue weighted by molar-refractivity contribution is 0.0948. The molecule has 0 spiro atoms. The van der Waals surface area contributed by atoms with E-state index in [1.807, 2.05) is 12.1 Å². The average molecular weight is 301 g/mol. The number of aryl methyl sites for hydroxylation is 1. The fourth-order valence-electron chi connectivity index (χ4n) is 3.07. The van der Waals surface area contributed by atoms with Crippen molar-refractivity contribution in [3.05, 3.63) is 70.8 Å². The fraction of sp³-hybridized carbons (Fsp3) is 0.278. The molecule has 22 heavy (non-hydrogen) atoms. The molecule has 1 atom stereocenters. The van der Waals surface area contributed by atoms with Gasteiger partial charge in [0.15, 0.2) is 0 Å². The summed E-state index contributed by atoms with van der Waals surface area (Å²) in [4.78, 5) is 11.9. The lowest BCUT2D eigenvalue weighted by Crippen LogP contribution is -2.26. The molecule has 4 heteroatoms. The van der Waals surface area contributed by atoms with Crippen LogP contribution in [0.1, 0.15) is 40.2 Å². The summed E-state index contributed by atoms with van der Waals surface area (Å²) in [6.45, 7) is 0.452. The molecule has 0 radical (unpaired) electrons. The Hall–Kier alpha value is -2.23. The Morgan fingerprint density at radius 2 is 2.00 bits per heavy atom. The maximum Gasteiger partial charge on any atom is 0.254 e. The Bertz CT molecular complexity index is 699. The molecule has 2 aromatic carbocycles. The smallest absolute Gasteiger partial charge is 0.254 e. The molecule has 0 heterocycles.